The van der Waals surface area contributed by atoms with Crippen LogP contribution >= 0.6 is 0 Å². The molecule has 2 nitrogen and oxygen atoms in total. The van der Waals surface area contributed by atoms with E-state index in [4.69, 9.17) is 5.11 Å². The standard InChI is InChI=1S/C12H19F7O2/c13-10(14,11(15,16)12(17,18)19)9-21-8-6-4-2-1-3-5-7-20/h20H,1-9H2. The molecule has 0 aliphatic carbocycles. The van der Waals surface area contributed by atoms with Gasteiger partial charge in [0.1, 0.15) is 6.61 Å². The van der Waals surface area contributed by atoms with E-state index in [-0.39, 0.29) is 13.2 Å². The molecule has 0 rings (SSSR count). The van der Waals surface area contributed by atoms with Crippen LogP contribution in [0.2, 0.25) is 0 Å². The largest absolute Gasteiger partial charge is 0.459 e. The Labute approximate surface area is 118 Å². The lowest BCUT2D eigenvalue weighted by atomic mass is 10.1. The summed E-state index contributed by atoms with van der Waals surface area (Å²) >= 11 is 0. The van der Waals surface area contributed by atoms with Crippen molar-refractivity contribution >= 4 is 0 Å². The van der Waals surface area contributed by atoms with Crippen LogP contribution in [-0.4, -0.2) is 42.9 Å². The number of halogens is 7. The zero-order chi connectivity index (χ0) is 16.6. The Bertz CT molecular complexity index is 279. The van der Waals surface area contributed by atoms with Gasteiger partial charge in [-0.05, 0) is 12.8 Å². The predicted octanol–water partition coefficient (Wildman–Crippen LogP) is 4.17. The molecule has 0 unspecified atom stereocenters. The van der Waals surface area contributed by atoms with E-state index in [2.05, 4.69) is 4.74 Å². The van der Waals surface area contributed by atoms with Crippen molar-refractivity contribution in [1.29, 1.82) is 0 Å². The number of hydrogen-bond acceptors (Lipinski definition) is 2. The van der Waals surface area contributed by atoms with Crippen LogP contribution in [0.4, 0.5) is 30.7 Å². The normalized spacial score (nSPS) is 13.7. The first-order chi connectivity index (χ1) is 9.56. The van der Waals surface area contributed by atoms with E-state index >= 15 is 0 Å². The maximum absolute atomic E-state index is 12.8. The fourth-order valence-electron chi connectivity index (χ4n) is 1.52. The Morgan fingerprint density at radius 1 is 0.714 bits per heavy atom. The van der Waals surface area contributed by atoms with Gasteiger partial charge in [-0.25, -0.2) is 0 Å². The molecule has 0 saturated heterocycles. The van der Waals surface area contributed by atoms with Crippen molar-refractivity contribution in [2.24, 2.45) is 0 Å². The maximum atomic E-state index is 12.8. The molecular weight excluding hydrogens is 309 g/mol. The van der Waals surface area contributed by atoms with Gasteiger partial charge in [-0.1, -0.05) is 25.7 Å². The van der Waals surface area contributed by atoms with Crippen molar-refractivity contribution in [3.8, 4) is 0 Å². The van der Waals surface area contributed by atoms with Gasteiger partial charge < -0.3 is 9.84 Å². The number of aliphatic hydroxyl groups is 1. The molecule has 1 N–H and O–H groups in total. The summed E-state index contributed by atoms with van der Waals surface area (Å²) in [6, 6.07) is 0. The molecule has 0 radical (unpaired) electrons. The molecule has 9 heteroatoms. The molecule has 0 atom stereocenters. The first-order valence-electron chi connectivity index (χ1n) is 6.57. The van der Waals surface area contributed by atoms with Gasteiger partial charge in [-0.3, -0.25) is 0 Å². The van der Waals surface area contributed by atoms with E-state index in [1.165, 1.54) is 0 Å². The van der Waals surface area contributed by atoms with Gasteiger partial charge in [0.2, 0.25) is 0 Å². The minimum absolute atomic E-state index is 0.0889. The van der Waals surface area contributed by atoms with Crippen LogP contribution in [0.15, 0.2) is 0 Å². The van der Waals surface area contributed by atoms with Crippen LogP contribution in [0.5, 0.6) is 0 Å². The number of rotatable bonds is 11. The second kappa shape index (κ2) is 8.77. The smallest absolute Gasteiger partial charge is 0.396 e. The number of unbranched alkanes of at least 4 members (excludes halogenated alkanes) is 5. The molecular formula is C12H19F7O2. The van der Waals surface area contributed by atoms with Crippen LogP contribution in [0.1, 0.15) is 38.5 Å². The molecule has 0 aromatic heterocycles. The van der Waals surface area contributed by atoms with Gasteiger partial charge in [-0.2, -0.15) is 30.7 Å². The van der Waals surface area contributed by atoms with Crippen LogP contribution in [0, 0.1) is 0 Å². The van der Waals surface area contributed by atoms with Crippen LogP contribution in [0.25, 0.3) is 0 Å². The van der Waals surface area contributed by atoms with E-state index in [1.807, 2.05) is 0 Å². The van der Waals surface area contributed by atoms with Gasteiger partial charge in [-0.15, -0.1) is 0 Å². The zero-order valence-corrected chi connectivity index (χ0v) is 11.4. The Hall–Kier alpha value is -0.570. The van der Waals surface area contributed by atoms with Crippen molar-refractivity contribution in [3.05, 3.63) is 0 Å². The number of alkyl halides is 7. The maximum Gasteiger partial charge on any atom is 0.459 e. The SMILES string of the molecule is OCCCCCCCCOCC(F)(F)C(F)(F)C(F)(F)F. The highest BCUT2D eigenvalue weighted by atomic mass is 19.4. The average molecular weight is 328 g/mol. The van der Waals surface area contributed by atoms with Gasteiger partial charge in [0.25, 0.3) is 0 Å². The van der Waals surface area contributed by atoms with Crippen LogP contribution < -0.4 is 0 Å². The van der Waals surface area contributed by atoms with Gasteiger partial charge in [0.05, 0.1) is 0 Å². The number of aliphatic hydroxyl groups excluding tert-OH is 1. The molecule has 0 aromatic carbocycles. The third kappa shape index (κ3) is 6.82. The highest BCUT2D eigenvalue weighted by molar-refractivity contribution is 4.90. The highest BCUT2D eigenvalue weighted by Gasteiger charge is 2.72. The second-order valence-electron chi connectivity index (χ2n) is 4.67. The summed E-state index contributed by atoms with van der Waals surface area (Å²) in [5, 5.41) is 8.51. The third-order valence-corrected chi connectivity index (χ3v) is 2.80. The van der Waals surface area contributed by atoms with Gasteiger partial charge >= 0.3 is 18.0 Å². The molecule has 0 saturated carbocycles. The van der Waals surface area contributed by atoms with Crippen LogP contribution in [-0.2, 0) is 4.74 Å². The predicted molar refractivity (Wildman–Crippen MR) is 61.6 cm³/mol. The molecule has 0 aromatic rings. The molecule has 0 amide bonds. The number of ether oxygens (including phenoxy) is 1. The van der Waals surface area contributed by atoms with Crippen molar-refractivity contribution in [3.63, 3.8) is 0 Å². The summed E-state index contributed by atoms with van der Waals surface area (Å²) in [5.41, 5.74) is 0. The average Bonchev–Trinajstić information content (AvgIpc) is 2.35. The zero-order valence-electron chi connectivity index (χ0n) is 11.4. The minimum atomic E-state index is -6.31. The third-order valence-electron chi connectivity index (χ3n) is 2.80. The highest BCUT2D eigenvalue weighted by Crippen LogP contribution is 2.46. The first-order valence-corrected chi connectivity index (χ1v) is 6.57. The van der Waals surface area contributed by atoms with E-state index < -0.39 is 24.6 Å². The fourth-order valence-corrected chi connectivity index (χ4v) is 1.52. The summed E-state index contributed by atoms with van der Waals surface area (Å²) in [7, 11) is 0. The molecule has 21 heavy (non-hydrogen) atoms. The van der Waals surface area contributed by atoms with Crippen LogP contribution in [0.3, 0.4) is 0 Å². The number of hydrogen-bond donors (Lipinski definition) is 1. The monoisotopic (exact) mass is 328 g/mol. The molecule has 0 spiro atoms. The van der Waals surface area contributed by atoms with Crippen molar-refractivity contribution in [2.45, 2.75) is 56.5 Å². The summed E-state index contributed by atoms with van der Waals surface area (Å²) in [5.74, 6) is -11.4. The summed E-state index contributed by atoms with van der Waals surface area (Å²) < 4.78 is 90.2. The molecule has 0 heterocycles. The lowest BCUT2D eigenvalue weighted by Gasteiger charge is -2.27. The molecule has 0 fully saturated rings. The van der Waals surface area contributed by atoms with Gasteiger partial charge in [0.15, 0.2) is 0 Å². The summed E-state index contributed by atoms with van der Waals surface area (Å²) in [6.45, 7) is -2.18. The van der Waals surface area contributed by atoms with E-state index in [1.54, 1.807) is 0 Å². The van der Waals surface area contributed by atoms with Gasteiger partial charge in [0, 0.05) is 13.2 Å². The summed E-state index contributed by atoms with van der Waals surface area (Å²) in [4.78, 5) is 0. The molecule has 0 aliphatic rings. The molecule has 128 valence electrons. The first kappa shape index (κ1) is 20.4. The lowest BCUT2D eigenvalue weighted by molar-refractivity contribution is -0.361. The Kier molecular flexibility index (Phi) is 8.53. The molecule has 0 bridgehead atoms. The van der Waals surface area contributed by atoms with E-state index in [9.17, 15) is 30.7 Å². The summed E-state index contributed by atoms with van der Waals surface area (Å²) in [6.07, 6.45) is -2.38. The van der Waals surface area contributed by atoms with Crippen molar-refractivity contribution in [1.82, 2.24) is 0 Å². The topological polar surface area (TPSA) is 29.5 Å². The lowest BCUT2D eigenvalue weighted by Crippen LogP contribution is -2.54. The molecule has 0 aliphatic heterocycles. The fraction of sp³-hybridized carbons (Fsp3) is 1.00. The minimum Gasteiger partial charge on any atom is -0.396 e. The van der Waals surface area contributed by atoms with E-state index in [0.717, 1.165) is 19.3 Å². The second-order valence-corrected chi connectivity index (χ2v) is 4.67. The quantitative estimate of drug-likeness (QED) is 0.456. The van der Waals surface area contributed by atoms with Crippen molar-refractivity contribution in [2.75, 3.05) is 19.8 Å². The van der Waals surface area contributed by atoms with Crippen molar-refractivity contribution < 1.29 is 40.6 Å². The Balaban J connectivity index is 3.86. The van der Waals surface area contributed by atoms with E-state index in [0.29, 0.717) is 19.3 Å². The Morgan fingerprint density at radius 2 is 1.19 bits per heavy atom. The Morgan fingerprint density at radius 3 is 1.67 bits per heavy atom.